The average molecular weight is 596 g/mol. The van der Waals surface area contributed by atoms with Crippen LogP contribution in [-0.2, 0) is 14.4 Å². The van der Waals surface area contributed by atoms with Crippen molar-refractivity contribution in [1.82, 2.24) is 4.90 Å². The number of amides is 4. The third kappa shape index (κ3) is 6.87. The summed E-state index contributed by atoms with van der Waals surface area (Å²) in [6, 6.07) is 23.7. The first-order chi connectivity index (χ1) is 20.7. The van der Waals surface area contributed by atoms with Crippen molar-refractivity contribution >= 4 is 62.9 Å². The van der Waals surface area contributed by atoms with Crippen LogP contribution < -0.4 is 20.1 Å². The number of fused-ring (bicyclic) bond motifs is 1. The number of aryl methyl sites for hydroxylation is 2. The molecule has 218 valence electrons. The largest absolute Gasteiger partial charge is 0.493 e. The molecule has 1 aliphatic rings. The molecule has 0 bridgehead atoms. The topological polar surface area (TPSA) is 114 Å². The molecule has 10 heteroatoms. The van der Waals surface area contributed by atoms with Gasteiger partial charge in [0.25, 0.3) is 17.1 Å². The quantitative estimate of drug-likeness (QED) is 0.223. The number of nitrogens with zero attached hydrogens (tertiary/aromatic N) is 1. The first-order valence-electron chi connectivity index (χ1n) is 13.4. The Balaban J connectivity index is 1.21. The molecule has 1 heterocycles. The third-order valence-corrected chi connectivity index (χ3v) is 7.78. The summed E-state index contributed by atoms with van der Waals surface area (Å²) in [4.78, 5) is 52.0. The number of nitrogens with one attached hydrogen (secondary N) is 2. The van der Waals surface area contributed by atoms with Crippen LogP contribution in [0.3, 0.4) is 0 Å². The van der Waals surface area contributed by atoms with Gasteiger partial charge in [0.1, 0.15) is 6.54 Å². The number of hydrogen-bond acceptors (Lipinski definition) is 7. The molecule has 9 nitrogen and oxygen atoms in total. The highest BCUT2D eigenvalue weighted by Crippen LogP contribution is 2.35. The Morgan fingerprint density at radius 1 is 0.860 bits per heavy atom. The van der Waals surface area contributed by atoms with E-state index in [2.05, 4.69) is 10.6 Å². The van der Waals surface area contributed by atoms with Gasteiger partial charge in [0.15, 0.2) is 18.1 Å². The zero-order valence-electron chi connectivity index (χ0n) is 23.8. The Kier molecular flexibility index (Phi) is 8.77. The number of anilines is 2. The fourth-order valence-corrected chi connectivity index (χ4v) is 5.35. The fourth-order valence-electron chi connectivity index (χ4n) is 4.51. The van der Waals surface area contributed by atoms with Gasteiger partial charge in [0, 0.05) is 16.8 Å². The van der Waals surface area contributed by atoms with E-state index in [0.29, 0.717) is 28.4 Å². The number of methoxy groups -OCH3 is 1. The van der Waals surface area contributed by atoms with Crippen LogP contribution in [0.2, 0.25) is 0 Å². The van der Waals surface area contributed by atoms with E-state index >= 15 is 0 Å². The highest BCUT2D eigenvalue weighted by molar-refractivity contribution is 8.18. The fraction of sp³-hybridized carbons (Fsp3) is 0.152. The minimum atomic E-state index is -0.564. The minimum absolute atomic E-state index is 0.173. The maximum Gasteiger partial charge on any atom is 0.294 e. The monoisotopic (exact) mass is 595 g/mol. The second-order valence-electron chi connectivity index (χ2n) is 9.89. The van der Waals surface area contributed by atoms with Crippen LogP contribution in [0.5, 0.6) is 11.5 Å². The van der Waals surface area contributed by atoms with Gasteiger partial charge in [-0.25, -0.2) is 0 Å². The number of hydrogen-bond donors (Lipinski definition) is 2. The van der Waals surface area contributed by atoms with Crippen molar-refractivity contribution in [2.45, 2.75) is 13.8 Å². The molecule has 0 radical (unpaired) electrons. The number of carbonyl (C=O) groups is 4. The first-order valence-corrected chi connectivity index (χ1v) is 14.2. The SMILES string of the molecule is COc1cc(/C=C2/SC(=O)N(CC(=O)Nc3cccc4ccccc34)C2=O)ccc1OCC(=O)Nc1ccc(C)c(C)c1. The lowest BCUT2D eigenvalue weighted by atomic mass is 10.1. The van der Waals surface area contributed by atoms with E-state index in [0.717, 1.165) is 38.6 Å². The van der Waals surface area contributed by atoms with Crippen LogP contribution in [0.1, 0.15) is 16.7 Å². The molecule has 0 spiro atoms. The summed E-state index contributed by atoms with van der Waals surface area (Å²) in [5.41, 5.74) is 4.06. The van der Waals surface area contributed by atoms with Crippen LogP contribution in [0.15, 0.2) is 83.8 Å². The highest BCUT2D eigenvalue weighted by Gasteiger charge is 2.36. The maximum atomic E-state index is 13.0. The van der Waals surface area contributed by atoms with E-state index in [4.69, 9.17) is 9.47 Å². The molecule has 43 heavy (non-hydrogen) atoms. The Hall–Kier alpha value is -5.09. The van der Waals surface area contributed by atoms with Gasteiger partial charge in [-0.3, -0.25) is 24.1 Å². The van der Waals surface area contributed by atoms with Crippen LogP contribution >= 0.6 is 11.8 Å². The molecule has 1 saturated heterocycles. The van der Waals surface area contributed by atoms with Gasteiger partial charge >= 0.3 is 0 Å². The van der Waals surface area contributed by atoms with Crippen molar-refractivity contribution in [3.05, 3.63) is 100 Å². The van der Waals surface area contributed by atoms with Crippen LogP contribution in [0, 0.1) is 13.8 Å². The molecule has 1 aliphatic heterocycles. The molecule has 0 unspecified atom stereocenters. The summed E-state index contributed by atoms with van der Waals surface area (Å²) in [5, 5.41) is 6.89. The van der Waals surface area contributed by atoms with Crippen molar-refractivity contribution in [2.24, 2.45) is 0 Å². The number of carbonyl (C=O) groups excluding carboxylic acids is 4. The van der Waals surface area contributed by atoms with Gasteiger partial charge in [0.2, 0.25) is 5.91 Å². The van der Waals surface area contributed by atoms with Gasteiger partial charge in [-0.05, 0) is 84.1 Å². The lowest BCUT2D eigenvalue weighted by Gasteiger charge is -2.13. The minimum Gasteiger partial charge on any atom is -0.493 e. The van der Waals surface area contributed by atoms with E-state index in [1.165, 1.54) is 7.11 Å². The van der Waals surface area contributed by atoms with Gasteiger partial charge < -0.3 is 20.1 Å². The average Bonchev–Trinajstić information content (AvgIpc) is 3.25. The Morgan fingerprint density at radius 2 is 1.65 bits per heavy atom. The molecule has 0 aliphatic carbocycles. The molecule has 0 atom stereocenters. The van der Waals surface area contributed by atoms with Gasteiger partial charge in [-0.1, -0.05) is 48.5 Å². The second kappa shape index (κ2) is 12.8. The molecule has 1 fully saturated rings. The Morgan fingerprint density at radius 3 is 2.44 bits per heavy atom. The summed E-state index contributed by atoms with van der Waals surface area (Å²) >= 11 is 0.756. The van der Waals surface area contributed by atoms with Crippen LogP contribution in [-0.4, -0.2) is 48.1 Å². The van der Waals surface area contributed by atoms with Crippen molar-refractivity contribution in [3.63, 3.8) is 0 Å². The Labute approximate surface area is 252 Å². The van der Waals surface area contributed by atoms with E-state index in [1.54, 1.807) is 30.3 Å². The second-order valence-corrected chi connectivity index (χ2v) is 10.9. The molecule has 4 amide bonds. The molecule has 0 saturated carbocycles. The summed E-state index contributed by atoms with van der Waals surface area (Å²) < 4.78 is 11.1. The van der Waals surface area contributed by atoms with E-state index in [9.17, 15) is 19.2 Å². The third-order valence-electron chi connectivity index (χ3n) is 6.87. The molecular formula is C33H29N3O6S. The standard InChI is InChI=1S/C33H29N3O6S/c1-20-11-13-24(15-21(20)2)34-31(38)19-42-27-14-12-22(16-28(27)41-3)17-29-32(39)36(33(40)43-29)18-30(37)35-26-10-6-8-23-7-4-5-9-25(23)26/h4-17H,18-19H2,1-3H3,(H,34,38)(H,35,37)/b29-17+. The summed E-state index contributed by atoms with van der Waals surface area (Å²) in [6.07, 6.45) is 1.55. The zero-order chi connectivity index (χ0) is 30.5. The van der Waals surface area contributed by atoms with Gasteiger partial charge in [-0.15, -0.1) is 0 Å². The number of benzene rings is 4. The molecule has 2 N–H and O–H groups in total. The zero-order valence-corrected chi connectivity index (χ0v) is 24.6. The van der Waals surface area contributed by atoms with Crippen molar-refractivity contribution in [3.8, 4) is 11.5 Å². The van der Waals surface area contributed by atoms with Gasteiger partial charge in [-0.2, -0.15) is 0 Å². The summed E-state index contributed by atoms with van der Waals surface area (Å²) in [7, 11) is 1.46. The molecule has 4 aromatic rings. The number of imide groups is 1. The normalized spacial score (nSPS) is 13.8. The van der Waals surface area contributed by atoms with Gasteiger partial charge in [0.05, 0.1) is 12.0 Å². The number of thioether (sulfide) groups is 1. The predicted molar refractivity (Wildman–Crippen MR) is 168 cm³/mol. The predicted octanol–water partition coefficient (Wildman–Crippen LogP) is 6.16. The highest BCUT2D eigenvalue weighted by atomic mass is 32.2. The van der Waals surface area contributed by atoms with Crippen molar-refractivity contribution in [2.75, 3.05) is 30.9 Å². The van der Waals surface area contributed by atoms with Crippen molar-refractivity contribution < 1.29 is 28.7 Å². The molecule has 0 aromatic heterocycles. The summed E-state index contributed by atoms with van der Waals surface area (Å²) in [6.45, 7) is 3.32. The van der Waals surface area contributed by atoms with E-state index < -0.39 is 23.6 Å². The lowest BCUT2D eigenvalue weighted by molar-refractivity contribution is -0.127. The van der Waals surface area contributed by atoms with Crippen LogP contribution in [0.25, 0.3) is 16.8 Å². The number of ether oxygens (including phenoxy) is 2. The molecule has 5 rings (SSSR count). The molecular weight excluding hydrogens is 566 g/mol. The van der Waals surface area contributed by atoms with Crippen molar-refractivity contribution in [1.29, 1.82) is 0 Å². The Bertz CT molecular complexity index is 1780. The smallest absolute Gasteiger partial charge is 0.294 e. The van der Waals surface area contributed by atoms with E-state index in [-0.39, 0.29) is 17.4 Å². The summed E-state index contributed by atoms with van der Waals surface area (Å²) in [5.74, 6) is -0.683. The lowest BCUT2D eigenvalue weighted by Crippen LogP contribution is -2.36. The first kappa shape index (κ1) is 29.4. The maximum absolute atomic E-state index is 13.0. The van der Waals surface area contributed by atoms with E-state index in [1.807, 2.05) is 68.4 Å². The molecule has 4 aromatic carbocycles. The number of rotatable bonds is 9. The van der Waals surface area contributed by atoms with Crippen LogP contribution in [0.4, 0.5) is 16.2 Å².